The van der Waals surface area contributed by atoms with Crippen LogP contribution in [-0.4, -0.2) is 41.3 Å². The molecule has 1 aromatic rings. The first-order valence-electron chi connectivity index (χ1n) is 7.18. The molecule has 8 heteroatoms. The first-order valence-corrected chi connectivity index (χ1v) is 9.46. The van der Waals surface area contributed by atoms with E-state index in [-0.39, 0.29) is 11.5 Å². The monoisotopic (exact) mass is 387 g/mol. The molecule has 0 radical (unpaired) electrons. The summed E-state index contributed by atoms with van der Waals surface area (Å²) in [5, 5.41) is 13.0. The first kappa shape index (κ1) is 21.4. The van der Waals surface area contributed by atoms with E-state index in [1.165, 1.54) is 36.2 Å². The number of carboxylic acid groups (broad SMARTS) is 1. The number of thioether (sulfide) groups is 2. The van der Waals surface area contributed by atoms with Gasteiger partial charge < -0.3 is 9.84 Å². The van der Waals surface area contributed by atoms with Gasteiger partial charge in [-0.05, 0) is 42.9 Å². The van der Waals surface area contributed by atoms with Crippen LogP contribution in [0.15, 0.2) is 41.1 Å². The second-order valence-electron chi connectivity index (χ2n) is 4.72. The van der Waals surface area contributed by atoms with E-state index in [2.05, 4.69) is 23.7 Å². The van der Waals surface area contributed by atoms with Gasteiger partial charge in [0.1, 0.15) is 11.8 Å². The van der Waals surface area contributed by atoms with Crippen LogP contribution in [0.3, 0.4) is 0 Å². The Kier molecular flexibility index (Phi) is 8.83. The maximum atomic E-state index is 14.5. The van der Waals surface area contributed by atoms with Crippen LogP contribution in [-0.2, 0) is 4.79 Å². The van der Waals surface area contributed by atoms with Gasteiger partial charge in [0.25, 0.3) is 0 Å². The zero-order valence-corrected chi connectivity index (χ0v) is 15.4. The van der Waals surface area contributed by atoms with Crippen LogP contribution in [0.25, 0.3) is 0 Å². The summed E-state index contributed by atoms with van der Waals surface area (Å²) < 4.78 is 33.7. The summed E-state index contributed by atoms with van der Waals surface area (Å²) in [6.45, 7) is 4.86. The van der Waals surface area contributed by atoms with E-state index in [1.807, 2.05) is 6.26 Å². The lowest BCUT2D eigenvalue weighted by atomic mass is 10.2. The van der Waals surface area contributed by atoms with Crippen molar-refractivity contribution in [3.63, 3.8) is 0 Å². The smallest absolute Gasteiger partial charge is 0.425 e. The summed E-state index contributed by atoms with van der Waals surface area (Å²) in [4.78, 5) is 12.2. The standard InChI is InChI=1S/C17H19F2NO3S2/c1-4-6-15(20-14(16(21)22)11-25-5-2)17(18,19)23-12-7-9-13(24-3)10-8-12/h5,7-10,14-15,20H,2,11H2,1,3H3,(H,21,22). The summed E-state index contributed by atoms with van der Waals surface area (Å²) in [6.07, 6.45) is -1.84. The molecule has 4 nitrogen and oxygen atoms in total. The van der Waals surface area contributed by atoms with Crippen LogP contribution in [0, 0.1) is 11.8 Å². The number of hydrogen-bond donors (Lipinski definition) is 2. The van der Waals surface area contributed by atoms with Gasteiger partial charge in [0.05, 0.1) is 0 Å². The predicted octanol–water partition coefficient (Wildman–Crippen LogP) is 3.69. The quantitative estimate of drug-likeness (QED) is 0.472. The van der Waals surface area contributed by atoms with Crippen molar-refractivity contribution >= 4 is 29.5 Å². The van der Waals surface area contributed by atoms with E-state index in [4.69, 9.17) is 4.74 Å². The highest BCUT2D eigenvalue weighted by molar-refractivity contribution is 8.02. The highest BCUT2D eigenvalue weighted by Gasteiger charge is 2.43. The molecule has 0 bridgehead atoms. The summed E-state index contributed by atoms with van der Waals surface area (Å²) in [6, 6.07) is 3.18. The van der Waals surface area contributed by atoms with Gasteiger partial charge in [-0.25, -0.2) is 0 Å². The van der Waals surface area contributed by atoms with E-state index in [1.54, 1.807) is 12.1 Å². The van der Waals surface area contributed by atoms with E-state index >= 15 is 0 Å². The third kappa shape index (κ3) is 6.98. The molecule has 0 aromatic heterocycles. The van der Waals surface area contributed by atoms with Crippen molar-refractivity contribution in [1.29, 1.82) is 0 Å². The maximum absolute atomic E-state index is 14.5. The number of carbonyl (C=O) groups is 1. The zero-order valence-electron chi connectivity index (χ0n) is 13.8. The summed E-state index contributed by atoms with van der Waals surface area (Å²) in [5.41, 5.74) is 0. The van der Waals surface area contributed by atoms with Crippen molar-refractivity contribution in [2.24, 2.45) is 0 Å². The number of benzene rings is 1. The Morgan fingerprint density at radius 2 is 2.12 bits per heavy atom. The highest BCUT2D eigenvalue weighted by atomic mass is 32.2. The van der Waals surface area contributed by atoms with E-state index in [0.717, 1.165) is 16.7 Å². The van der Waals surface area contributed by atoms with Crippen molar-refractivity contribution < 1.29 is 23.4 Å². The molecule has 25 heavy (non-hydrogen) atoms. The number of alkyl halides is 2. The molecular formula is C17H19F2NO3S2. The highest BCUT2D eigenvalue weighted by Crippen LogP contribution is 2.27. The van der Waals surface area contributed by atoms with Crippen molar-refractivity contribution in [3.8, 4) is 17.6 Å². The average molecular weight is 387 g/mol. The normalized spacial score (nSPS) is 13.3. The fourth-order valence-electron chi connectivity index (χ4n) is 1.78. The number of nitrogens with one attached hydrogen (secondary N) is 1. The van der Waals surface area contributed by atoms with E-state index in [9.17, 15) is 18.7 Å². The Labute approximate surface area is 154 Å². The maximum Gasteiger partial charge on any atom is 0.425 e. The number of carboxylic acids is 1. The molecule has 1 rings (SSSR count). The van der Waals surface area contributed by atoms with Gasteiger partial charge in [-0.15, -0.1) is 29.4 Å². The van der Waals surface area contributed by atoms with Crippen LogP contribution in [0.2, 0.25) is 0 Å². The minimum atomic E-state index is -3.71. The number of hydrogen-bond acceptors (Lipinski definition) is 5. The first-order chi connectivity index (χ1) is 11.8. The van der Waals surface area contributed by atoms with Gasteiger partial charge in [0.2, 0.25) is 0 Å². The predicted molar refractivity (Wildman–Crippen MR) is 98.3 cm³/mol. The zero-order chi connectivity index (χ0) is 18.9. The minimum Gasteiger partial charge on any atom is -0.480 e. The minimum absolute atomic E-state index is 0.0279. The molecule has 1 aromatic carbocycles. The molecule has 0 heterocycles. The van der Waals surface area contributed by atoms with Gasteiger partial charge in [-0.1, -0.05) is 12.5 Å². The van der Waals surface area contributed by atoms with Crippen LogP contribution in [0.1, 0.15) is 6.92 Å². The molecule has 136 valence electrons. The number of ether oxygens (including phenoxy) is 1. The van der Waals surface area contributed by atoms with Crippen molar-refractivity contribution in [1.82, 2.24) is 5.32 Å². The summed E-state index contributed by atoms with van der Waals surface area (Å²) in [5.74, 6) is 3.43. The lowest BCUT2D eigenvalue weighted by Gasteiger charge is -2.26. The Morgan fingerprint density at radius 3 is 2.60 bits per heavy atom. The Bertz CT molecular complexity index is 642. The van der Waals surface area contributed by atoms with Crippen LogP contribution >= 0.6 is 23.5 Å². The number of aliphatic carboxylic acids is 1. The molecular weight excluding hydrogens is 368 g/mol. The third-order valence-corrected chi connectivity index (χ3v) is 4.49. The fraction of sp³-hybridized carbons (Fsp3) is 0.353. The van der Waals surface area contributed by atoms with Crippen LogP contribution in [0.4, 0.5) is 8.78 Å². The second kappa shape index (κ2) is 10.3. The van der Waals surface area contributed by atoms with Crippen molar-refractivity contribution in [2.75, 3.05) is 12.0 Å². The summed E-state index contributed by atoms with van der Waals surface area (Å²) in [7, 11) is 0. The number of halogens is 2. The van der Waals surface area contributed by atoms with Gasteiger partial charge in [-0.3, -0.25) is 10.1 Å². The molecule has 0 fully saturated rings. The van der Waals surface area contributed by atoms with Gasteiger partial charge in [0, 0.05) is 10.6 Å². The molecule has 0 aliphatic carbocycles. The van der Waals surface area contributed by atoms with Crippen molar-refractivity contribution in [2.45, 2.75) is 30.0 Å². The van der Waals surface area contributed by atoms with E-state index < -0.39 is 24.2 Å². The fourth-order valence-corrected chi connectivity index (χ4v) is 2.76. The Hall–Kier alpha value is -1.69. The Balaban J connectivity index is 2.93. The molecule has 0 spiro atoms. The SMILES string of the molecule is C=CSCC(NC(C#CC)C(F)(F)Oc1ccc(SC)cc1)C(=O)O. The molecule has 2 unspecified atom stereocenters. The Morgan fingerprint density at radius 1 is 1.48 bits per heavy atom. The van der Waals surface area contributed by atoms with Gasteiger partial charge >= 0.3 is 12.1 Å². The molecule has 0 aliphatic rings. The number of rotatable bonds is 10. The summed E-state index contributed by atoms with van der Waals surface area (Å²) >= 11 is 2.58. The second-order valence-corrected chi connectivity index (χ2v) is 6.60. The van der Waals surface area contributed by atoms with Crippen LogP contribution in [0.5, 0.6) is 5.75 Å². The van der Waals surface area contributed by atoms with Crippen molar-refractivity contribution in [3.05, 3.63) is 36.3 Å². The van der Waals surface area contributed by atoms with Crippen LogP contribution < -0.4 is 10.1 Å². The van der Waals surface area contributed by atoms with Gasteiger partial charge in [-0.2, -0.15) is 8.78 Å². The lowest BCUT2D eigenvalue weighted by Crippen LogP contribution is -2.54. The molecule has 2 N–H and O–H groups in total. The molecule has 2 atom stereocenters. The molecule has 0 amide bonds. The third-order valence-electron chi connectivity index (χ3n) is 2.98. The molecule has 0 aliphatic heterocycles. The van der Waals surface area contributed by atoms with Gasteiger partial charge in [0.15, 0.2) is 6.04 Å². The lowest BCUT2D eigenvalue weighted by molar-refractivity contribution is -0.188. The average Bonchev–Trinajstić information content (AvgIpc) is 2.57. The van der Waals surface area contributed by atoms with E-state index in [0.29, 0.717) is 0 Å². The topological polar surface area (TPSA) is 58.6 Å². The molecule has 0 saturated carbocycles. The molecule has 0 saturated heterocycles. The largest absolute Gasteiger partial charge is 0.480 e.